The maximum absolute atomic E-state index is 6.85. The van der Waals surface area contributed by atoms with E-state index in [0.717, 1.165) is 60.1 Å². The van der Waals surface area contributed by atoms with Crippen molar-refractivity contribution in [1.29, 1.82) is 0 Å². The van der Waals surface area contributed by atoms with Crippen LogP contribution in [0.1, 0.15) is 38.8 Å². The van der Waals surface area contributed by atoms with Gasteiger partial charge in [0.15, 0.2) is 0 Å². The van der Waals surface area contributed by atoms with Gasteiger partial charge in [-0.2, -0.15) is 0 Å². The molecule has 1 aliphatic heterocycles. The van der Waals surface area contributed by atoms with E-state index in [2.05, 4.69) is 49.6 Å². The minimum atomic E-state index is -3.46. The molecule has 8 heteroatoms. The number of fused-ring (bicyclic) bond motifs is 3. The van der Waals surface area contributed by atoms with Crippen LogP contribution in [0.2, 0.25) is 0 Å². The molecule has 0 N–H and O–H groups in total. The third kappa shape index (κ3) is 6.19. The van der Waals surface area contributed by atoms with E-state index >= 15 is 0 Å². The van der Waals surface area contributed by atoms with Gasteiger partial charge in [0.25, 0.3) is 0 Å². The van der Waals surface area contributed by atoms with Crippen LogP contribution in [0, 0.1) is 0 Å². The number of hydrogen-bond acceptors (Lipinski definition) is 6. The van der Waals surface area contributed by atoms with Crippen molar-refractivity contribution in [1.82, 2.24) is 0 Å². The summed E-state index contributed by atoms with van der Waals surface area (Å²) in [4.78, 5) is 14.0. The predicted molar refractivity (Wildman–Crippen MR) is 154 cm³/mol. The molecule has 0 radical (unpaired) electrons. The first kappa shape index (κ1) is 26.4. The van der Waals surface area contributed by atoms with Crippen LogP contribution < -0.4 is 15.5 Å². The second-order valence-corrected chi connectivity index (χ2v) is 13.6. The van der Waals surface area contributed by atoms with Crippen molar-refractivity contribution in [3.63, 3.8) is 0 Å². The van der Waals surface area contributed by atoms with E-state index in [1.807, 2.05) is 61.0 Å². The molecule has 36 heavy (non-hydrogen) atoms. The molecular formula is C28H32ClInN4O2. The van der Waals surface area contributed by atoms with Crippen LogP contribution in [0.3, 0.4) is 0 Å². The third-order valence-corrected chi connectivity index (χ3v) is 9.96. The zero-order chi connectivity index (χ0) is 25.5. The van der Waals surface area contributed by atoms with E-state index in [0.29, 0.717) is 11.5 Å². The summed E-state index contributed by atoms with van der Waals surface area (Å²) in [6.45, 7) is 12.2. The van der Waals surface area contributed by atoms with Gasteiger partial charge in [0.1, 0.15) is 0 Å². The Bertz CT molecular complexity index is 1150. The Balaban J connectivity index is 1.83. The van der Waals surface area contributed by atoms with Crippen LogP contribution in [-0.2, 0) is 0 Å². The van der Waals surface area contributed by atoms with E-state index in [9.17, 15) is 0 Å². The molecule has 1 aliphatic rings. The number of nitrogens with zero attached hydrogens (tertiary/aromatic N) is 4. The molecule has 4 rings (SSSR count). The SMILES string of the molecule is CCN(CC)c1ccc2c(c1)[O][In]([Cl])[O]c1cc(N(CC)CC)ccc1C=Nc1ccccc1N=C2. The Hall–Kier alpha value is -2.64. The number of aliphatic imine (C=N–C) groups is 2. The van der Waals surface area contributed by atoms with E-state index < -0.39 is 21.1 Å². The van der Waals surface area contributed by atoms with Gasteiger partial charge in [0, 0.05) is 0 Å². The van der Waals surface area contributed by atoms with Crippen molar-refractivity contribution in [3.8, 4) is 11.5 Å². The second kappa shape index (κ2) is 12.5. The molecule has 1 heterocycles. The van der Waals surface area contributed by atoms with Crippen molar-refractivity contribution < 1.29 is 5.71 Å². The fraction of sp³-hybridized carbons (Fsp3) is 0.286. The minimum absolute atomic E-state index is 0.693. The van der Waals surface area contributed by atoms with Crippen LogP contribution >= 0.6 is 8.58 Å². The zero-order valence-corrected chi connectivity index (χ0v) is 25.4. The number of anilines is 2. The third-order valence-electron chi connectivity index (χ3n) is 6.26. The van der Waals surface area contributed by atoms with Gasteiger partial charge in [-0.3, -0.25) is 0 Å². The molecule has 0 spiro atoms. The van der Waals surface area contributed by atoms with Crippen molar-refractivity contribution in [2.24, 2.45) is 9.98 Å². The molecule has 0 saturated heterocycles. The van der Waals surface area contributed by atoms with Crippen LogP contribution in [-0.4, -0.2) is 59.7 Å². The molecule has 0 bridgehead atoms. The van der Waals surface area contributed by atoms with Crippen molar-refractivity contribution in [3.05, 3.63) is 71.8 Å². The molecule has 0 atom stereocenters. The van der Waals surface area contributed by atoms with E-state index in [1.54, 1.807) is 0 Å². The first-order valence-corrected chi connectivity index (χ1v) is 19.3. The molecule has 3 aromatic rings. The van der Waals surface area contributed by atoms with Gasteiger partial charge in [0.2, 0.25) is 0 Å². The summed E-state index contributed by atoms with van der Waals surface area (Å²) in [7, 11) is 6.85. The average molecular weight is 607 g/mol. The second-order valence-electron chi connectivity index (χ2n) is 8.30. The van der Waals surface area contributed by atoms with Crippen molar-refractivity contribution >= 4 is 64.9 Å². The van der Waals surface area contributed by atoms with Gasteiger partial charge in [-0.1, -0.05) is 0 Å². The zero-order valence-electron chi connectivity index (χ0n) is 21.3. The summed E-state index contributed by atoms with van der Waals surface area (Å²) in [5, 5.41) is 0. The van der Waals surface area contributed by atoms with E-state index in [4.69, 9.17) is 24.3 Å². The van der Waals surface area contributed by atoms with Gasteiger partial charge in [-0.25, -0.2) is 0 Å². The average Bonchev–Trinajstić information content (AvgIpc) is 2.90. The molecule has 3 aromatic carbocycles. The van der Waals surface area contributed by atoms with Gasteiger partial charge >= 0.3 is 228 Å². The molecule has 0 unspecified atom stereocenters. The summed E-state index contributed by atoms with van der Waals surface area (Å²) >= 11 is -3.46. The van der Waals surface area contributed by atoms with Gasteiger partial charge in [-0.05, 0) is 0 Å². The Morgan fingerprint density at radius 1 is 0.667 bits per heavy atom. The molecular weight excluding hydrogens is 575 g/mol. The quantitative estimate of drug-likeness (QED) is 0.307. The Morgan fingerprint density at radius 2 is 1.08 bits per heavy atom. The van der Waals surface area contributed by atoms with Crippen molar-refractivity contribution in [2.75, 3.05) is 36.0 Å². The summed E-state index contributed by atoms with van der Waals surface area (Å²) in [6, 6.07) is 20.2. The van der Waals surface area contributed by atoms with Crippen LogP contribution in [0.5, 0.6) is 11.5 Å². The fourth-order valence-electron chi connectivity index (χ4n) is 4.22. The normalized spacial score (nSPS) is 12.6. The summed E-state index contributed by atoms with van der Waals surface area (Å²) in [5.74, 6) is 1.39. The number of halogens is 1. The topological polar surface area (TPSA) is 49.7 Å². The van der Waals surface area contributed by atoms with Crippen LogP contribution in [0.15, 0.2) is 70.6 Å². The first-order valence-electron chi connectivity index (χ1n) is 12.5. The van der Waals surface area contributed by atoms with Gasteiger partial charge in [0.05, 0.1) is 0 Å². The van der Waals surface area contributed by atoms with Crippen molar-refractivity contribution in [2.45, 2.75) is 27.7 Å². The Labute approximate surface area is 226 Å². The predicted octanol–water partition coefficient (Wildman–Crippen LogP) is 6.88. The summed E-state index contributed by atoms with van der Waals surface area (Å²) in [6.07, 6.45) is 3.63. The van der Waals surface area contributed by atoms with Crippen LogP contribution in [0.4, 0.5) is 22.7 Å². The Morgan fingerprint density at radius 3 is 1.47 bits per heavy atom. The molecule has 186 valence electrons. The fourth-order valence-corrected chi connectivity index (χ4v) is 7.95. The monoisotopic (exact) mass is 606 g/mol. The maximum atomic E-state index is 6.85. The molecule has 0 amide bonds. The molecule has 6 nitrogen and oxygen atoms in total. The van der Waals surface area contributed by atoms with Crippen LogP contribution in [0.25, 0.3) is 0 Å². The summed E-state index contributed by atoms with van der Waals surface area (Å²) < 4.78 is 12.7. The summed E-state index contributed by atoms with van der Waals surface area (Å²) in [5.41, 5.74) is 5.43. The standard InChI is InChI=1S/C28H34N4O2.ClH.In/c1-5-31(6-2)23-15-13-21(27(33)17-23)19-29-25-11-9-10-12-26(25)30-20-22-14-16-24(18-28(22)34)32(7-3)8-4;;/h9-20,33-34H,5-8H2,1-4H3;1H;/q;;+3/p-3. The molecule has 0 saturated carbocycles. The number of para-hydroxylation sites is 2. The van der Waals surface area contributed by atoms with Gasteiger partial charge in [-0.15, -0.1) is 0 Å². The number of rotatable bonds is 6. The van der Waals surface area contributed by atoms with E-state index in [1.165, 1.54) is 0 Å². The van der Waals surface area contributed by atoms with Gasteiger partial charge < -0.3 is 0 Å². The molecule has 0 aliphatic carbocycles. The Kier molecular flexibility index (Phi) is 9.21. The van der Waals surface area contributed by atoms with E-state index in [-0.39, 0.29) is 0 Å². The molecule has 0 aromatic heterocycles. The number of hydrogen-bond donors (Lipinski definition) is 0. The first-order chi connectivity index (χ1) is 17.6. The molecule has 0 fully saturated rings. The number of benzene rings is 3.